The Kier molecular flexibility index (Phi) is 8.28. The summed E-state index contributed by atoms with van der Waals surface area (Å²) in [6.45, 7) is 10.4. The van der Waals surface area contributed by atoms with E-state index in [0.717, 1.165) is 76.0 Å². The first-order valence-corrected chi connectivity index (χ1v) is 17.7. The minimum atomic E-state index is -0.424. The number of ether oxygens (including phenoxy) is 1. The van der Waals surface area contributed by atoms with E-state index in [1.165, 1.54) is 11.3 Å². The number of carbonyl (C=O) groups excluding carboxylic acids is 1. The molecule has 2 aromatic heterocycles. The molecule has 2 aliphatic heterocycles. The monoisotopic (exact) mass is 688 g/mol. The molecule has 0 unspecified atom stereocenters. The molecule has 9 nitrogen and oxygen atoms in total. The number of nitrogens with zero attached hydrogens (tertiary/aromatic N) is 4. The van der Waals surface area contributed by atoms with Crippen molar-refractivity contribution in [3.8, 4) is 22.1 Å². The van der Waals surface area contributed by atoms with Gasteiger partial charge < -0.3 is 25.0 Å². The van der Waals surface area contributed by atoms with Crippen molar-refractivity contribution >= 4 is 73.4 Å². The number of benzene rings is 3. The summed E-state index contributed by atoms with van der Waals surface area (Å²) in [6, 6.07) is 17.0. The number of likely N-dealkylation sites (tertiary alicyclic amines) is 1. The number of para-hydroxylation sites is 2. The van der Waals surface area contributed by atoms with Crippen molar-refractivity contribution in [2.24, 2.45) is 5.41 Å². The van der Waals surface area contributed by atoms with Gasteiger partial charge in [-0.25, -0.2) is 14.8 Å². The summed E-state index contributed by atoms with van der Waals surface area (Å²) in [5, 5.41) is 20.0. The Hall–Kier alpha value is -3.90. The van der Waals surface area contributed by atoms with Crippen LogP contribution < -0.4 is 20.3 Å². The molecule has 3 N–H and O–H groups in total. The normalized spacial score (nSPS) is 16.1. The maximum Gasteiger partial charge on any atom is 0.324 e. The SMILES string of the molecule is COc1ccc2nc(-c3ccc(O)c4c3C3(CCN(CC(C)(C)C)CC3)CN4c3ccccc3NC(=O)Nc3csc(Cl)n3)sc2c1. The molecule has 4 heterocycles. The van der Waals surface area contributed by atoms with E-state index >= 15 is 0 Å². The zero-order valence-electron chi connectivity index (χ0n) is 26.8. The van der Waals surface area contributed by atoms with Gasteiger partial charge in [-0.05, 0) is 79.4 Å². The van der Waals surface area contributed by atoms with Crippen LogP contribution in [0.2, 0.25) is 4.47 Å². The molecule has 2 aliphatic rings. The molecule has 0 saturated carbocycles. The summed E-state index contributed by atoms with van der Waals surface area (Å²) in [4.78, 5) is 27.0. The summed E-state index contributed by atoms with van der Waals surface area (Å²) < 4.78 is 6.89. The van der Waals surface area contributed by atoms with Gasteiger partial charge in [0, 0.05) is 29.4 Å². The summed E-state index contributed by atoms with van der Waals surface area (Å²) in [5.74, 6) is 1.39. The number of fused-ring (bicyclic) bond motifs is 3. The molecule has 1 saturated heterocycles. The second-order valence-corrected chi connectivity index (χ2v) is 16.0. The van der Waals surface area contributed by atoms with Crippen LogP contribution in [0.3, 0.4) is 0 Å². The zero-order valence-corrected chi connectivity index (χ0v) is 29.2. The molecule has 5 aromatic rings. The van der Waals surface area contributed by atoms with Crippen LogP contribution in [0.25, 0.3) is 20.8 Å². The quantitative estimate of drug-likeness (QED) is 0.164. The first-order valence-electron chi connectivity index (χ1n) is 15.6. The average molecular weight is 689 g/mol. The van der Waals surface area contributed by atoms with E-state index < -0.39 is 6.03 Å². The molecular formula is C35H37ClN6O3S2. The lowest BCUT2D eigenvalue weighted by Gasteiger charge is -2.42. The number of halogens is 1. The van der Waals surface area contributed by atoms with Crippen molar-refractivity contribution < 1.29 is 14.6 Å². The number of nitrogens with one attached hydrogen (secondary N) is 2. The largest absolute Gasteiger partial charge is 0.506 e. The van der Waals surface area contributed by atoms with E-state index in [9.17, 15) is 9.90 Å². The van der Waals surface area contributed by atoms with Gasteiger partial charge in [0.05, 0.1) is 34.4 Å². The summed E-state index contributed by atoms with van der Waals surface area (Å²) in [5.41, 5.74) is 5.23. The molecule has 3 aromatic carbocycles. The second-order valence-electron chi connectivity index (χ2n) is 13.5. The number of rotatable bonds is 6. The van der Waals surface area contributed by atoms with Crippen LogP contribution >= 0.6 is 34.3 Å². The lowest BCUT2D eigenvalue weighted by molar-refractivity contribution is 0.125. The molecule has 7 rings (SSSR count). The highest BCUT2D eigenvalue weighted by Gasteiger charge is 2.48. The first-order chi connectivity index (χ1) is 22.5. The van der Waals surface area contributed by atoms with Crippen LogP contribution in [0.15, 0.2) is 60.0 Å². The summed E-state index contributed by atoms with van der Waals surface area (Å²) >= 11 is 8.86. The number of aromatic nitrogens is 2. The minimum absolute atomic E-state index is 0.199. The van der Waals surface area contributed by atoms with Crippen LogP contribution in [0.5, 0.6) is 11.5 Å². The molecule has 1 fully saturated rings. The molecule has 12 heteroatoms. The van der Waals surface area contributed by atoms with Gasteiger partial charge in [-0.2, -0.15) is 0 Å². The number of phenols is 1. The fraction of sp³-hybridized carbons (Fsp3) is 0.343. The van der Waals surface area contributed by atoms with Crippen molar-refractivity contribution in [1.82, 2.24) is 14.9 Å². The van der Waals surface area contributed by atoms with E-state index in [0.29, 0.717) is 22.5 Å². The molecule has 0 bridgehead atoms. The number of hydrogen-bond donors (Lipinski definition) is 3. The van der Waals surface area contributed by atoms with Crippen LogP contribution in [0.4, 0.5) is 27.7 Å². The van der Waals surface area contributed by atoms with Crippen LogP contribution in [-0.4, -0.2) is 59.3 Å². The Morgan fingerprint density at radius 1 is 1.09 bits per heavy atom. The molecule has 47 heavy (non-hydrogen) atoms. The molecule has 0 atom stereocenters. The van der Waals surface area contributed by atoms with E-state index in [1.807, 2.05) is 48.5 Å². The third kappa shape index (κ3) is 6.25. The number of amides is 2. The Balaban J connectivity index is 1.31. The molecule has 0 radical (unpaired) electrons. The summed E-state index contributed by atoms with van der Waals surface area (Å²) in [7, 11) is 1.67. The highest BCUT2D eigenvalue weighted by atomic mass is 35.5. The van der Waals surface area contributed by atoms with E-state index in [1.54, 1.807) is 29.9 Å². The minimum Gasteiger partial charge on any atom is -0.506 e. The number of urea groups is 1. The van der Waals surface area contributed by atoms with Crippen LogP contribution in [0.1, 0.15) is 39.2 Å². The number of phenolic OH excluding ortho intramolecular Hbond substituents is 1. The maximum atomic E-state index is 13.1. The molecule has 244 valence electrons. The average Bonchev–Trinajstić information content (AvgIpc) is 3.74. The molecule has 2 amide bonds. The van der Waals surface area contributed by atoms with Crippen molar-refractivity contribution in [2.45, 2.75) is 39.0 Å². The van der Waals surface area contributed by atoms with Crippen LogP contribution in [0, 0.1) is 5.41 Å². The Bertz CT molecular complexity index is 1960. The standard InChI is InChI=1S/C35H37ClN6O3S2/c1-34(2,3)19-41-15-13-35(14-16-41)20-42(25-8-6-5-7-23(25)38-33(44)40-28-18-46-32(36)39-28)30-26(43)12-10-22(29(30)35)31-37-24-11-9-21(45-4)17-27(24)47-31/h5-12,17-18,43H,13-16,19-20H2,1-4H3,(H2,38,40,44). The van der Waals surface area contributed by atoms with Gasteiger partial charge in [-0.1, -0.05) is 44.5 Å². The fourth-order valence-corrected chi connectivity index (χ4v) is 8.72. The van der Waals surface area contributed by atoms with Gasteiger partial charge in [0.1, 0.15) is 22.3 Å². The van der Waals surface area contributed by atoms with Crippen LogP contribution in [-0.2, 0) is 5.41 Å². The number of methoxy groups -OCH3 is 1. The van der Waals surface area contributed by atoms with Crippen molar-refractivity contribution in [1.29, 1.82) is 0 Å². The predicted molar refractivity (Wildman–Crippen MR) is 193 cm³/mol. The number of piperidine rings is 1. The molecular weight excluding hydrogens is 652 g/mol. The van der Waals surface area contributed by atoms with Gasteiger partial charge in [-0.15, -0.1) is 22.7 Å². The van der Waals surface area contributed by atoms with Crippen molar-refractivity contribution in [3.63, 3.8) is 0 Å². The third-order valence-corrected chi connectivity index (χ3v) is 10.9. The fourth-order valence-electron chi connectivity index (χ4n) is 6.99. The van der Waals surface area contributed by atoms with Gasteiger partial charge in [0.25, 0.3) is 0 Å². The van der Waals surface area contributed by atoms with E-state index in [-0.39, 0.29) is 16.6 Å². The van der Waals surface area contributed by atoms with Gasteiger partial charge in [-0.3, -0.25) is 5.32 Å². The van der Waals surface area contributed by atoms with Gasteiger partial charge in [0.15, 0.2) is 4.47 Å². The number of carbonyl (C=O) groups is 1. The Morgan fingerprint density at radius 3 is 2.60 bits per heavy atom. The zero-order chi connectivity index (χ0) is 32.9. The topological polar surface area (TPSA) is 103 Å². The molecule has 0 aliphatic carbocycles. The first kappa shape index (κ1) is 31.7. The lowest BCUT2D eigenvalue weighted by Crippen LogP contribution is -2.47. The predicted octanol–water partition coefficient (Wildman–Crippen LogP) is 8.96. The third-order valence-electron chi connectivity index (χ3n) is 8.92. The summed E-state index contributed by atoms with van der Waals surface area (Å²) in [6.07, 6.45) is 1.87. The smallest absolute Gasteiger partial charge is 0.324 e. The second kappa shape index (κ2) is 12.3. The Morgan fingerprint density at radius 2 is 1.87 bits per heavy atom. The van der Waals surface area contributed by atoms with Gasteiger partial charge >= 0.3 is 6.03 Å². The number of aromatic hydroxyl groups is 1. The van der Waals surface area contributed by atoms with Gasteiger partial charge in [0.2, 0.25) is 0 Å². The van der Waals surface area contributed by atoms with Crippen molar-refractivity contribution in [2.75, 3.05) is 48.8 Å². The lowest BCUT2D eigenvalue weighted by atomic mass is 9.72. The molecule has 1 spiro atoms. The number of thiazole rings is 2. The van der Waals surface area contributed by atoms with Crippen molar-refractivity contribution in [3.05, 3.63) is 70.0 Å². The van der Waals surface area contributed by atoms with E-state index in [2.05, 4.69) is 46.2 Å². The maximum absolute atomic E-state index is 13.1. The highest BCUT2D eigenvalue weighted by molar-refractivity contribution is 7.21. The van der Waals surface area contributed by atoms with E-state index in [4.69, 9.17) is 21.3 Å². The number of hydrogen-bond acceptors (Lipinski definition) is 9. The highest BCUT2D eigenvalue weighted by Crippen LogP contribution is 2.57. The Labute approximate surface area is 287 Å². The number of anilines is 4.